The van der Waals surface area contributed by atoms with E-state index in [-0.39, 0.29) is 26.1 Å². The van der Waals surface area contributed by atoms with Gasteiger partial charge in [0.05, 0.1) is 12.1 Å². The first kappa shape index (κ1) is 19.7. The maximum Gasteiger partial charge on any atom is 0.330 e. The summed E-state index contributed by atoms with van der Waals surface area (Å²) in [7, 11) is 0. The number of H-pyrrole nitrogens is 1. The monoisotopic (exact) mass is 368 g/mol. The van der Waals surface area contributed by atoms with Crippen LogP contribution in [0.2, 0.25) is 0 Å². The molecule has 3 atom stereocenters. The van der Waals surface area contributed by atoms with Gasteiger partial charge >= 0.3 is 5.69 Å². The van der Waals surface area contributed by atoms with Crippen molar-refractivity contribution in [2.45, 2.75) is 44.6 Å². The molecule has 1 saturated heterocycles. The first-order chi connectivity index (χ1) is 12.5. The van der Waals surface area contributed by atoms with Crippen LogP contribution in [-0.4, -0.2) is 45.9 Å². The molecule has 0 saturated carbocycles. The van der Waals surface area contributed by atoms with Gasteiger partial charge in [0.15, 0.2) is 0 Å². The lowest BCUT2D eigenvalue weighted by Crippen LogP contribution is -2.34. The molecule has 0 aromatic carbocycles. The number of aliphatic hydroxyl groups is 1. The van der Waals surface area contributed by atoms with E-state index in [2.05, 4.69) is 20.5 Å². The minimum absolute atomic E-state index is 0.0951. The SMILES string of the molecule is Cc1cn([C@H]2C[C@H](N=[N+]=[N-])[C@@H](CONC(=O)CCCO)O2)c(=O)[nH]c1=O. The highest BCUT2D eigenvalue weighted by Crippen LogP contribution is 2.30. The average Bonchev–Trinajstić information content (AvgIpc) is 2.99. The van der Waals surface area contributed by atoms with Gasteiger partial charge in [0, 0.05) is 36.1 Å². The van der Waals surface area contributed by atoms with Gasteiger partial charge in [0.1, 0.15) is 12.8 Å². The minimum atomic E-state index is -0.743. The molecule has 1 amide bonds. The van der Waals surface area contributed by atoms with Crippen LogP contribution in [0.3, 0.4) is 0 Å². The van der Waals surface area contributed by atoms with Crippen molar-refractivity contribution in [3.8, 4) is 0 Å². The summed E-state index contributed by atoms with van der Waals surface area (Å²) >= 11 is 0. The number of aromatic nitrogens is 2. The number of hydrogen-bond acceptors (Lipinski definition) is 7. The molecular weight excluding hydrogens is 348 g/mol. The van der Waals surface area contributed by atoms with Crippen molar-refractivity contribution in [3.05, 3.63) is 43.0 Å². The quantitative estimate of drug-likeness (QED) is 0.244. The van der Waals surface area contributed by atoms with E-state index in [4.69, 9.17) is 20.2 Å². The van der Waals surface area contributed by atoms with Gasteiger partial charge in [0.25, 0.3) is 5.56 Å². The Morgan fingerprint density at radius 2 is 2.38 bits per heavy atom. The zero-order valence-corrected chi connectivity index (χ0v) is 14.1. The molecule has 3 N–H and O–H groups in total. The van der Waals surface area contributed by atoms with Crippen LogP contribution in [-0.2, 0) is 14.4 Å². The number of carbonyl (C=O) groups excluding carboxylic acids is 1. The molecule has 0 radical (unpaired) electrons. The summed E-state index contributed by atoms with van der Waals surface area (Å²) in [6.07, 6.45) is 0.574. The van der Waals surface area contributed by atoms with Crippen LogP contribution in [0.25, 0.3) is 10.4 Å². The predicted molar refractivity (Wildman–Crippen MR) is 87.9 cm³/mol. The van der Waals surface area contributed by atoms with E-state index in [1.807, 2.05) is 0 Å². The van der Waals surface area contributed by atoms with E-state index in [9.17, 15) is 14.4 Å². The molecular formula is C14H20N6O6. The molecule has 26 heavy (non-hydrogen) atoms. The Kier molecular flexibility index (Phi) is 6.92. The van der Waals surface area contributed by atoms with Crippen molar-refractivity contribution >= 4 is 5.91 Å². The van der Waals surface area contributed by atoms with Crippen molar-refractivity contribution in [1.29, 1.82) is 0 Å². The molecule has 12 nitrogen and oxygen atoms in total. The molecule has 142 valence electrons. The standard InChI is InChI=1S/C14H20N6O6/c1-8-6-20(14(24)16-13(8)23)12-5-9(17-19-15)10(26-12)7-25-18-11(22)3-2-4-21/h6,9-10,12,21H,2-5,7H2,1H3,(H,18,22)(H,16,23,24)/t9-,10+,12+/m0/s1. The Morgan fingerprint density at radius 3 is 3.08 bits per heavy atom. The van der Waals surface area contributed by atoms with E-state index in [0.717, 1.165) is 0 Å². The van der Waals surface area contributed by atoms with Crippen molar-refractivity contribution < 1.29 is 19.5 Å². The molecule has 1 aromatic rings. The smallest absolute Gasteiger partial charge is 0.330 e. The molecule has 12 heteroatoms. The van der Waals surface area contributed by atoms with Gasteiger partial charge in [-0.3, -0.25) is 24.0 Å². The van der Waals surface area contributed by atoms with Gasteiger partial charge in [-0.2, -0.15) is 0 Å². The van der Waals surface area contributed by atoms with Gasteiger partial charge in [0.2, 0.25) is 5.91 Å². The maximum atomic E-state index is 12.0. The van der Waals surface area contributed by atoms with Crippen LogP contribution < -0.4 is 16.7 Å². The highest BCUT2D eigenvalue weighted by Gasteiger charge is 2.36. The molecule has 1 fully saturated rings. The third-order valence-electron chi connectivity index (χ3n) is 3.86. The van der Waals surface area contributed by atoms with Crippen LogP contribution in [0.1, 0.15) is 31.1 Å². The third-order valence-corrected chi connectivity index (χ3v) is 3.86. The number of nitrogens with zero attached hydrogens (tertiary/aromatic N) is 4. The first-order valence-corrected chi connectivity index (χ1v) is 7.99. The van der Waals surface area contributed by atoms with Crippen molar-refractivity contribution in [2.75, 3.05) is 13.2 Å². The number of ether oxygens (including phenoxy) is 1. The topological polar surface area (TPSA) is 171 Å². The maximum absolute atomic E-state index is 12.0. The molecule has 1 aliphatic heterocycles. The minimum Gasteiger partial charge on any atom is -0.396 e. The number of hydroxylamine groups is 1. The third kappa shape index (κ3) is 4.92. The normalized spacial score (nSPS) is 22.0. The number of amides is 1. The molecule has 0 aliphatic carbocycles. The second-order valence-corrected chi connectivity index (χ2v) is 5.78. The fourth-order valence-corrected chi connectivity index (χ4v) is 2.52. The van der Waals surface area contributed by atoms with E-state index in [1.54, 1.807) is 6.92 Å². The molecule has 1 aromatic heterocycles. The van der Waals surface area contributed by atoms with Gasteiger partial charge in [-0.15, -0.1) is 0 Å². The van der Waals surface area contributed by atoms with Crippen molar-refractivity contribution in [3.63, 3.8) is 0 Å². The van der Waals surface area contributed by atoms with E-state index >= 15 is 0 Å². The number of carbonyl (C=O) groups is 1. The van der Waals surface area contributed by atoms with Gasteiger partial charge in [-0.05, 0) is 18.9 Å². The van der Waals surface area contributed by atoms with Crippen LogP contribution in [0, 0.1) is 6.92 Å². The summed E-state index contributed by atoms with van der Waals surface area (Å²) in [6.45, 7) is 1.35. The van der Waals surface area contributed by atoms with Crippen molar-refractivity contribution in [2.24, 2.45) is 5.11 Å². The lowest BCUT2D eigenvalue weighted by atomic mass is 10.1. The van der Waals surface area contributed by atoms with Crippen LogP contribution >= 0.6 is 0 Å². The fraction of sp³-hybridized carbons (Fsp3) is 0.643. The second-order valence-electron chi connectivity index (χ2n) is 5.78. The Balaban J connectivity index is 2.03. The molecule has 2 rings (SSSR count). The van der Waals surface area contributed by atoms with Crippen LogP contribution in [0.4, 0.5) is 0 Å². The van der Waals surface area contributed by atoms with E-state index < -0.39 is 35.5 Å². The fourth-order valence-electron chi connectivity index (χ4n) is 2.52. The Bertz CT molecular complexity index is 798. The number of hydrogen-bond donors (Lipinski definition) is 3. The first-order valence-electron chi connectivity index (χ1n) is 7.99. The lowest BCUT2D eigenvalue weighted by Gasteiger charge is -2.16. The Morgan fingerprint density at radius 1 is 1.62 bits per heavy atom. The molecule has 0 bridgehead atoms. The number of aromatic amines is 1. The van der Waals surface area contributed by atoms with Gasteiger partial charge in [-0.25, -0.2) is 10.3 Å². The summed E-state index contributed by atoms with van der Waals surface area (Å²) in [5.74, 6) is -0.401. The molecule has 2 heterocycles. The molecule has 0 unspecified atom stereocenters. The number of nitrogens with one attached hydrogen (secondary N) is 2. The average molecular weight is 368 g/mol. The summed E-state index contributed by atoms with van der Waals surface area (Å²) in [5, 5.41) is 12.3. The summed E-state index contributed by atoms with van der Waals surface area (Å²) < 4.78 is 6.93. The second kappa shape index (κ2) is 9.15. The zero-order chi connectivity index (χ0) is 19.1. The molecule has 0 spiro atoms. The molecule has 1 aliphatic rings. The number of aryl methyl sites for hydroxylation is 1. The van der Waals surface area contributed by atoms with Crippen LogP contribution in [0.5, 0.6) is 0 Å². The number of azide groups is 1. The largest absolute Gasteiger partial charge is 0.396 e. The summed E-state index contributed by atoms with van der Waals surface area (Å²) in [6, 6.07) is -0.613. The van der Waals surface area contributed by atoms with E-state index in [0.29, 0.717) is 12.0 Å². The van der Waals surface area contributed by atoms with E-state index in [1.165, 1.54) is 10.8 Å². The lowest BCUT2D eigenvalue weighted by molar-refractivity contribution is -0.138. The number of aliphatic hydroxyl groups excluding tert-OH is 1. The van der Waals surface area contributed by atoms with Crippen molar-refractivity contribution in [1.82, 2.24) is 15.0 Å². The zero-order valence-electron chi connectivity index (χ0n) is 14.1. The summed E-state index contributed by atoms with van der Waals surface area (Å²) in [5.41, 5.74) is 10.1. The number of rotatable bonds is 8. The highest BCUT2D eigenvalue weighted by molar-refractivity contribution is 5.74. The van der Waals surface area contributed by atoms with Crippen LogP contribution in [0.15, 0.2) is 20.9 Å². The Labute approximate surface area is 147 Å². The van der Waals surface area contributed by atoms with Gasteiger partial charge < -0.3 is 9.84 Å². The highest BCUT2D eigenvalue weighted by atomic mass is 16.7. The van der Waals surface area contributed by atoms with Gasteiger partial charge in [-0.1, -0.05) is 5.11 Å². The predicted octanol–water partition coefficient (Wildman–Crippen LogP) is -0.368. The Hall–Kier alpha value is -2.66. The summed E-state index contributed by atoms with van der Waals surface area (Å²) in [4.78, 5) is 44.9.